The summed E-state index contributed by atoms with van der Waals surface area (Å²) in [6.45, 7) is 4.11. The van der Waals surface area contributed by atoms with E-state index in [1.54, 1.807) is 49.8 Å². The maximum atomic E-state index is 13.3. The third kappa shape index (κ3) is 4.48. The summed E-state index contributed by atoms with van der Waals surface area (Å²) in [7, 11) is -5.79. The van der Waals surface area contributed by atoms with Gasteiger partial charge in [0.25, 0.3) is 0 Å². The summed E-state index contributed by atoms with van der Waals surface area (Å²) in [5, 5.41) is 4.22. The minimum absolute atomic E-state index is 0.0947. The first kappa shape index (κ1) is 23.6. The third-order valence-corrected chi connectivity index (χ3v) is 10.1. The van der Waals surface area contributed by atoms with Gasteiger partial charge in [0, 0.05) is 33.2 Å². The highest BCUT2D eigenvalue weighted by atomic mass is 32.2. The van der Waals surface area contributed by atoms with Gasteiger partial charge in [-0.2, -0.15) is 13.7 Å². The molecule has 1 saturated heterocycles. The van der Waals surface area contributed by atoms with Gasteiger partial charge >= 0.3 is 0 Å². The summed E-state index contributed by atoms with van der Waals surface area (Å²) >= 11 is 0. The second-order valence-corrected chi connectivity index (χ2v) is 12.0. The molecule has 0 saturated carbocycles. The molecule has 4 rings (SSSR count). The molecule has 176 valence electrons. The topological polar surface area (TPSA) is 92.6 Å². The van der Waals surface area contributed by atoms with Gasteiger partial charge in [0.1, 0.15) is 4.90 Å². The molecule has 0 amide bonds. The van der Waals surface area contributed by atoms with Gasteiger partial charge in [-0.3, -0.25) is 4.68 Å². The van der Waals surface area contributed by atoms with E-state index in [4.69, 9.17) is 0 Å². The van der Waals surface area contributed by atoms with Crippen LogP contribution in [0.2, 0.25) is 0 Å². The normalized spacial score (nSPS) is 16.6. The van der Waals surface area contributed by atoms with Crippen LogP contribution >= 0.6 is 0 Å². The van der Waals surface area contributed by atoms with Crippen molar-refractivity contribution in [2.75, 3.05) is 26.2 Å². The maximum Gasteiger partial charge on any atom is 0.246 e. The molecule has 1 aliphatic rings. The van der Waals surface area contributed by atoms with Crippen molar-refractivity contribution in [2.24, 2.45) is 7.05 Å². The largest absolute Gasteiger partial charge is 0.271 e. The Hall–Kier alpha value is -2.53. The SMILES string of the molecule is Cc1nn(C)c(C)c1S(=O)(=O)N1CCCN(S(=O)(=O)c2ccc(-c3ccccc3)cc2)CC1. The van der Waals surface area contributed by atoms with Gasteiger partial charge in [0.05, 0.1) is 16.3 Å². The quantitative estimate of drug-likeness (QED) is 0.551. The van der Waals surface area contributed by atoms with Crippen molar-refractivity contribution in [1.29, 1.82) is 0 Å². The first-order valence-electron chi connectivity index (χ1n) is 10.8. The highest BCUT2D eigenvalue weighted by Gasteiger charge is 2.34. The predicted molar refractivity (Wildman–Crippen MR) is 127 cm³/mol. The fourth-order valence-electron chi connectivity index (χ4n) is 4.21. The smallest absolute Gasteiger partial charge is 0.246 e. The molecule has 1 fully saturated rings. The van der Waals surface area contributed by atoms with E-state index in [0.717, 1.165) is 11.1 Å². The zero-order chi connectivity index (χ0) is 23.8. The molecule has 0 bridgehead atoms. The molecule has 2 heterocycles. The first-order valence-corrected chi connectivity index (χ1v) is 13.7. The Morgan fingerprint density at radius 2 is 1.27 bits per heavy atom. The van der Waals surface area contributed by atoms with Gasteiger partial charge in [-0.1, -0.05) is 42.5 Å². The van der Waals surface area contributed by atoms with Crippen molar-refractivity contribution in [3.8, 4) is 11.1 Å². The molecule has 1 aromatic heterocycles. The van der Waals surface area contributed by atoms with Crippen molar-refractivity contribution in [3.63, 3.8) is 0 Å². The minimum atomic E-state index is -3.77. The Labute approximate surface area is 195 Å². The van der Waals surface area contributed by atoms with E-state index in [2.05, 4.69) is 5.10 Å². The molecule has 0 spiro atoms. The number of aryl methyl sites for hydroxylation is 2. The summed E-state index contributed by atoms with van der Waals surface area (Å²) in [5.41, 5.74) is 2.96. The van der Waals surface area contributed by atoms with E-state index in [1.807, 2.05) is 30.3 Å². The van der Waals surface area contributed by atoms with Gasteiger partial charge in [0.15, 0.2) is 0 Å². The monoisotopic (exact) mass is 488 g/mol. The molecule has 10 heteroatoms. The van der Waals surface area contributed by atoms with Crippen LogP contribution in [0.25, 0.3) is 11.1 Å². The second kappa shape index (κ2) is 9.02. The Kier molecular flexibility index (Phi) is 6.45. The van der Waals surface area contributed by atoms with Gasteiger partial charge in [0.2, 0.25) is 20.0 Å². The number of benzene rings is 2. The number of hydrogen-bond donors (Lipinski definition) is 0. The van der Waals surface area contributed by atoms with Gasteiger partial charge in [-0.25, -0.2) is 16.8 Å². The molecule has 2 aromatic carbocycles. The number of rotatable bonds is 5. The molecule has 33 heavy (non-hydrogen) atoms. The average Bonchev–Trinajstić information content (AvgIpc) is 2.97. The number of hydrogen-bond acceptors (Lipinski definition) is 5. The minimum Gasteiger partial charge on any atom is -0.271 e. The Morgan fingerprint density at radius 1 is 0.727 bits per heavy atom. The number of sulfonamides is 2. The molecule has 0 radical (unpaired) electrons. The summed E-state index contributed by atoms with van der Waals surface area (Å²) in [6.07, 6.45) is 0.416. The number of aromatic nitrogens is 2. The number of nitrogens with zero attached hydrogens (tertiary/aromatic N) is 4. The highest BCUT2D eigenvalue weighted by Crippen LogP contribution is 2.26. The Balaban J connectivity index is 1.53. The summed E-state index contributed by atoms with van der Waals surface area (Å²) in [5.74, 6) is 0. The van der Waals surface area contributed by atoms with E-state index in [0.29, 0.717) is 17.8 Å². The molecule has 1 aliphatic heterocycles. The molecule has 0 N–H and O–H groups in total. The van der Waals surface area contributed by atoms with Gasteiger partial charge in [-0.05, 0) is 43.5 Å². The van der Waals surface area contributed by atoms with Crippen molar-refractivity contribution in [2.45, 2.75) is 30.1 Å². The predicted octanol–water partition coefficient (Wildman–Crippen LogP) is 2.79. The average molecular weight is 489 g/mol. The van der Waals surface area contributed by atoms with Crippen LogP contribution in [0.4, 0.5) is 0 Å². The summed E-state index contributed by atoms with van der Waals surface area (Å²) in [4.78, 5) is 0.412. The van der Waals surface area contributed by atoms with Crippen LogP contribution in [0.1, 0.15) is 17.8 Å². The molecular formula is C23H28N4O4S2. The highest BCUT2D eigenvalue weighted by molar-refractivity contribution is 7.89. The maximum absolute atomic E-state index is 13.3. The van der Waals surface area contributed by atoms with Gasteiger partial charge in [-0.15, -0.1) is 0 Å². The Bertz CT molecular complexity index is 1350. The van der Waals surface area contributed by atoms with Crippen molar-refractivity contribution in [1.82, 2.24) is 18.4 Å². The fourth-order valence-corrected chi connectivity index (χ4v) is 7.55. The van der Waals surface area contributed by atoms with E-state index in [-0.39, 0.29) is 36.0 Å². The zero-order valence-electron chi connectivity index (χ0n) is 19.0. The zero-order valence-corrected chi connectivity index (χ0v) is 20.6. The van der Waals surface area contributed by atoms with E-state index >= 15 is 0 Å². The van der Waals surface area contributed by atoms with E-state index in [1.165, 1.54) is 8.61 Å². The van der Waals surface area contributed by atoms with Crippen LogP contribution in [0.15, 0.2) is 64.4 Å². The second-order valence-electron chi connectivity index (χ2n) is 8.18. The summed E-state index contributed by atoms with van der Waals surface area (Å²) < 4.78 is 57.4. The molecule has 8 nitrogen and oxygen atoms in total. The summed E-state index contributed by atoms with van der Waals surface area (Å²) in [6, 6.07) is 16.6. The van der Waals surface area contributed by atoms with Crippen LogP contribution in [-0.2, 0) is 27.1 Å². The molecular weight excluding hydrogens is 460 g/mol. The lowest BCUT2D eigenvalue weighted by Gasteiger charge is -2.22. The van der Waals surface area contributed by atoms with E-state index < -0.39 is 20.0 Å². The van der Waals surface area contributed by atoms with Crippen LogP contribution in [0.5, 0.6) is 0 Å². The Morgan fingerprint density at radius 3 is 1.82 bits per heavy atom. The lowest BCUT2D eigenvalue weighted by molar-refractivity contribution is 0.404. The fraction of sp³-hybridized carbons (Fsp3) is 0.348. The van der Waals surface area contributed by atoms with Crippen molar-refractivity contribution >= 4 is 20.0 Å². The van der Waals surface area contributed by atoms with Crippen molar-refractivity contribution < 1.29 is 16.8 Å². The molecule has 0 atom stereocenters. The molecule has 0 aliphatic carbocycles. The first-order chi connectivity index (χ1) is 15.6. The van der Waals surface area contributed by atoms with Crippen LogP contribution < -0.4 is 0 Å². The lowest BCUT2D eigenvalue weighted by Crippen LogP contribution is -2.37. The van der Waals surface area contributed by atoms with Crippen LogP contribution in [0.3, 0.4) is 0 Å². The van der Waals surface area contributed by atoms with Crippen LogP contribution in [0, 0.1) is 13.8 Å². The third-order valence-electron chi connectivity index (χ3n) is 6.05. The standard InChI is InChI=1S/C23H28N4O4S2/c1-18-23(19(2)25(3)24-18)33(30,31)27-15-7-14-26(16-17-27)32(28,29)22-12-10-21(11-13-22)20-8-5-4-6-9-20/h4-6,8-13H,7,14-17H2,1-3H3. The molecule has 3 aromatic rings. The lowest BCUT2D eigenvalue weighted by atomic mass is 10.1. The van der Waals surface area contributed by atoms with E-state index in [9.17, 15) is 16.8 Å². The van der Waals surface area contributed by atoms with Crippen molar-refractivity contribution in [3.05, 3.63) is 66.0 Å². The molecule has 0 unspecified atom stereocenters. The van der Waals surface area contributed by atoms with Crippen LogP contribution in [-0.4, -0.2) is 61.4 Å². The van der Waals surface area contributed by atoms with Gasteiger partial charge < -0.3 is 0 Å².